The number of nitrogens with two attached hydrogens (primary N) is 3. The molecule has 0 spiro atoms. The highest BCUT2D eigenvalue weighted by Gasteiger charge is 2.31. The molecule has 2 atom stereocenters. The zero-order chi connectivity index (χ0) is 19.5. The molecular weight excluding hydrogens is 334 g/mol. The summed E-state index contributed by atoms with van der Waals surface area (Å²) in [6.07, 6.45) is 1.72. The van der Waals surface area contributed by atoms with Crippen molar-refractivity contribution in [2.24, 2.45) is 22.2 Å². The van der Waals surface area contributed by atoms with Crippen LogP contribution in [0.25, 0.3) is 0 Å². The summed E-state index contributed by atoms with van der Waals surface area (Å²) >= 11 is 0. The molecule has 1 unspecified atom stereocenters. The maximum atomic E-state index is 12.8. The maximum Gasteiger partial charge on any atom is 0.326 e. The molecule has 8 nitrogen and oxygen atoms in total. The molecule has 0 aromatic heterocycles. The Hall–Kier alpha value is -2.61. The highest BCUT2D eigenvalue weighted by Crippen LogP contribution is 2.13. The second-order valence-corrected chi connectivity index (χ2v) is 6.13. The van der Waals surface area contributed by atoms with Gasteiger partial charge in [-0.3, -0.25) is 9.79 Å². The topological polar surface area (TPSA) is 148 Å². The quantitative estimate of drug-likeness (QED) is 0.252. The van der Waals surface area contributed by atoms with Gasteiger partial charge in [0.05, 0.1) is 6.04 Å². The van der Waals surface area contributed by atoms with Crippen molar-refractivity contribution in [2.45, 2.75) is 44.7 Å². The number of hydrogen-bond acceptors (Lipinski definition) is 4. The summed E-state index contributed by atoms with van der Waals surface area (Å²) in [4.78, 5) is 29.7. The normalized spacial score (nSPS) is 12.8. The Morgan fingerprint density at radius 1 is 1.23 bits per heavy atom. The smallest absolute Gasteiger partial charge is 0.326 e. The van der Waals surface area contributed by atoms with Crippen molar-refractivity contribution in [1.82, 2.24) is 4.90 Å². The van der Waals surface area contributed by atoms with Crippen LogP contribution >= 0.6 is 0 Å². The van der Waals surface area contributed by atoms with Crippen molar-refractivity contribution < 1.29 is 14.7 Å². The molecule has 144 valence electrons. The SMILES string of the molecule is CCCN(C(=O)C(N)Cc1ccccc1)[C@H](CCCN=C(N)N)C(=O)O. The molecule has 26 heavy (non-hydrogen) atoms. The molecule has 1 aromatic carbocycles. The van der Waals surface area contributed by atoms with E-state index in [1.807, 2.05) is 37.3 Å². The first-order chi connectivity index (χ1) is 12.4. The summed E-state index contributed by atoms with van der Waals surface area (Å²) in [6.45, 7) is 2.54. The summed E-state index contributed by atoms with van der Waals surface area (Å²) in [5.41, 5.74) is 17.5. The van der Waals surface area contributed by atoms with E-state index in [1.54, 1.807) is 0 Å². The molecule has 0 aliphatic carbocycles. The third kappa shape index (κ3) is 7.10. The van der Waals surface area contributed by atoms with Crippen LogP contribution in [0.3, 0.4) is 0 Å². The van der Waals surface area contributed by atoms with Gasteiger partial charge < -0.3 is 27.2 Å². The lowest BCUT2D eigenvalue weighted by Gasteiger charge is -2.31. The second kappa shape index (κ2) is 11.1. The maximum absolute atomic E-state index is 12.8. The van der Waals surface area contributed by atoms with Gasteiger partial charge in [0.25, 0.3) is 0 Å². The second-order valence-electron chi connectivity index (χ2n) is 6.13. The molecule has 0 aliphatic rings. The minimum Gasteiger partial charge on any atom is -0.480 e. The predicted molar refractivity (Wildman–Crippen MR) is 101 cm³/mol. The molecule has 8 heteroatoms. The van der Waals surface area contributed by atoms with Crippen LogP contribution in [0.1, 0.15) is 31.7 Å². The third-order valence-corrected chi connectivity index (χ3v) is 3.95. The number of carboxylic acid groups (broad SMARTS) is 1. The summed E-state index contributed by atoms with van der Waals surface area (Å²) in [5.74, 6) is -1.45. The van der Waals surface area contributed by atoms with Gasteiger partial charge in [0.1, 0.15) is 6.04 Å². The van der Waals surface area contributed by atoms with Crippen molar-refractivity contribution in [3.8, 4) is 0 Å². The Morgan fingerprint density at radius 2 is 1.88 bits per heavy atom. The standard InChI is InChI=1S/C18H29N5O3/c1-2-11-23(15(17(25)26)9-6-10-22-18(20)21)16(24)14(19)12-13-7-4-3-5-8-13/h3-5,7-8,14-15H,2,6,9-12,19H2,1H3,(H,25,26)(H4,20,21,22)/t14?,15-/m1/s1. The van der Waals surface area contributed by atoms with Crippen molar-refractivity contribution in [2.75, 3.05) is 13.1 Å². The Labute approximate surface area is 154 Å². The Bertz CT molecular complexity index is 602. The number of aliphatic carboxylic acids is 1. The summed E-state index contributed by atoms with van der Waals surface area (Å²) in [6, 6.07) is 7.68. The van der Waals surface area contributed by atoms with E-state index in [0.717, 1.165) is 5.56 Å². The van der Waals surface area contributed by atoms with Gasteiger partial charge in [-0.15, -0.1) is 0 Å². The summed E-state index contributed by atoms with van der Waals surface area (Å²) < 4.78 is 0. The van der Waals surface area contributed by atoms with Crippen LogP contribution in [0.15, 0.2) is 35.3 Å². The average molecular weight is 363 g/mol. The number of carbonyl (C=O) groups excluding carboxylic acids is 1. The predicted octanol–water partition coefficient (Wildman–Crippen LogP) is 0.302. The first kappa shape index (κ1) is 21.4. The minimum absolute atomic E-state index is 0.0387. The van der Waals surface area contributed by atoms with E-state index in [0.29, 0.717) is 32.4 Å². The number of aliphatic imine (C=N–C) groups is 1. The number of carbonyl (C=O) groups is 2. The van der Waals surface area contributed by atoms with Crippen LogP contribution in [-0.2, 0) is 16.0 Å². The van der Waals surface area contributed by atoms with E-state index in [1.165, 1.54) is 4.90 Å². The van der Waals surface area contributed by atoms with Crippen molar-refractivity contribution in [3.63, 3.8) is 0 Å². The molecule has 0 heterocycles. The molecule has 1 amide bonds. The van der Waals surface area contributed by atoms with E-state index < -0.39 is 18.1 Å². The van der Waals surface area contributed by atoms with Crippen LogP contribution < -0.4 is 17.2 Å². The van der Waals surface area contributed by atoms with E-state index in [2.05, 4.69) is 4.99 Å². The first-order valence-electron chi connectivity index (χ1n) is 8.75. The van der Waals surface area contributed by atoms with Gasteiger partial charge in [-0.25, -0.2) is 4.79 Å². The molecule has 0 saturated carbocycles. The van der Waals surface area contributed by atoms with E-state index >= 15 is 0 Å². The van der Waals surface area contributed by atoms with Crippen molar-refractivity contribution in [3.05, 3.63) is 35.9 Å². The highest BCUT2D eigenvalue weighted by molar-refractivity contribution is 5.87. The van der Waals surface area contributed by atoms with Crippen LogP contribution in [0.5, 0.6) is 0 Å². The number of amides is 1. The first-order valence-corrected chi connectivity index (χ1v) is 8.75. The lowest BCUT2D eigenvalue weighted by Crippen LogP contribution is -2.52. The molecule has 1 rings (SSSR count). The third-order valence-electron chi connectivity index (χ3n) is 3.95. The fraction of sp³-hybridized carbons (Fsp3) is 0.500. The number of benzene rings is 1. The van der Waals surface area contributed by atoms with Crippen molar-refractivity contribution in [1.29, 1.82) is 0 Å². The number of rotatable bonds is 11. The van der Waals surface area contributed by atoms with Crippen LogP contribution in [0.4, 0.5) is 0 Å². The van der Waals surface area contributed by atoms with Crippen LogP contribution in [-0.4, -0.2) is 53.0 Å². The van der Waals surface area contributed by atoms with E-state index in [9.17, 15) is 14.7 Å². The van der Waals surface area contributed by atoms with Gasteiger partial charge in [-0.2, -0.15) is 0 Å². The fourth-order valence-corrected chi connectivity index (χ4v) is 2.73. The molecule has 7 N–H and O–H groups in total. The molecule has 0 fully saturated rings. The number of nitrogens with zero attached hydrogens (tertiary/aromatic N) is 2. The van der Waals surface area contributed by atoms with Gasteiger partial charge in [0.2, 0.25) is 5.91 Å². The number of carboxylic acids is 1. The Balaban J connectivity index is 2.81. The van der Waals surface area contributed by atoms with E-state index in [4.69, 9.17) is 17.2 Å². The monoisotopic (exact) mass is 363 g/mol. The lowest BCUT2D eigenvalue weighted by atomic mass is 10.0. The van der Waals surface area contributed by atoms with Gasteiger partial charge >= 0.3 is 5.97 Å². The largest absolute Gasteiger partial charge is 0.480 e. The molecule has 0 saturated heterocycles. The Morgan fingerprint density at radius 3 is 2.42 bits per heavy atom. The van der Waals surface area contributed by atoms with Crippen LogP contribution in [0, 0.1) is 0 Å². The summed E-state index contributed by atoms with van der Waals surface area (Å²) in [7, 11) is 0. The number of guanidine groups is 1. The fourth-order valence-electron chi connectivity index (χ4n) is 2.73. The molecule has 0 aliphatic heterocycles. The highest BCUT2D eigenvalue weighted by atomic mass is 16.4. The Kier molecular flexibility index (Phi) is 9.14. The van der Waals surface area contributed by atoms with Gasteiger partial charge in [-0.05, 0) is 31.2 Å². The molecule has 1 aromatic rings. The summed E-state index contributed by atoms with van der Waals surface area (Å²) in [5, 5.41) is 9.58. The van der Waals surface area contributed by atoms with E-state index in [-0.39, 0.29) is 18.3 Å². The molecular formula is C18H29N5O3. The van der Waals surface area contributed by atoms with Gasteiger partial charge in [0.15, 0.2) is 5.96 Å². The van der Waals surface area contributed by atoms with Gasteiger partial charge in [0, 0.05) is 13.1 Å². The molecule has 0 radical (unpaired) electrons. The van der Waals surface area contributed by atoms with Crippen molar-refractivity contribution >= 4 is 17.8 Å². The number of hydrogen-bond donors (Lipinski definition) is 4. The lowest BCUT2D eigenvalue weighted by molar-refractivity contribution is -0.151. The van der Waals surface area contributed by atoms with Crippen LogP contribution in [0.2, 0.25) is 0 Å². The zero-order valence-electron chi connectivity index (χ0n) is 15.2. The average Bonchev–Trinajstić information content (AvgIpc) is 2.60. The zero-order valence-corrected chi connectivity index (χ0v) is 15.2. The van der Waals surface area contributed by atoms with Gasteiger partial charge in [-0.1, -0.05) is 37.3 Å². The molecule has 0 bridgehead atoms. The minimum atomic E-state index is -1.05.